The molecule has 3 aromatic rings. The lowest BCUT2D eigenvalue weighted by Crippen LogP contribution is -2.39. The summed E-state index contributed by atoms with van der Waals surface area (Å²) in [5.74, 6) is -1.57. The van der Waals surface area contributed by atoms with E-state index >= 15 is 0 Å². The van der Waals surface area contributed by atoms with Crippen molar-refractivity contribution in [2.45, 2.75) is 24.3 Å². The minimum absolute atomic E-state index is 0.0163. The van der Waals surface area contributed by atoms with Gasteiger partial charge in [-0.3, -0.25) is 19.5 Å². The lowest BCUT2D eigenvalue weighted by atomic mass is 10.2. The van der Waals surface area contributed by atoms with Crippen LogP contribution in [0.2, 0.25) is 10.0 Å². The monoisotopic (exact) mass is 590 g/mol. The number of hydrogen-bond donors (Lipinski definition) is 4. The van der Waals surface area contributed by atoms with Crippen LogP contribution in [0.5, 0.6) is 0 Å². The predicted octanol–water partition coefficient (Wildman–Crippen LogP) is 3.68. The standard InChI is InChI=1S/C25H24Cl2N6O5S/c1-2-5-21(34)29-15-6-3-7-17(12-15)39(37,38)33-11-10-16(14-33)30-25(36)23-20(13-28-32-23)31-24(35)22-18(26)8-4-9-19(22)27/h2-9,12-13,16H,10-11,14H2,1H3,(H,28,32)(H,29,34)(H,30,36)(H,31,35). The molecule has 0 bridgehead atoms. The lowest BCUT2D eigenvalue weighted by Gasteiger charge is -2.18. The average Bonchev–Trinajstić information content (AvgIpc) is 3.54. The maximum Gasteiger partial charge on any atom is 0.271 e. The van der Waals surface area contributed by atoms with Gasteiger partial charge < -0.3 is 16.0 Å². The summed E-state index contributed by atoms with van der Waals surface area (Å²) in [4.78, 5) is 37.5. The van der Waals surface area contributed by atoms with Gasteiger partial charge in [0.15, 0.2) is 0 Å². The van der Waals surface area contributed by atoms with E-state index in [2.05, 4.69) is 26.1 Å². The Hall–Kier alpha value is -3.71. The second-order valence-corrected chi connectivity index (χ2v) is 11.3. The van der Waals surface area contributed by atoms with Crippen LogP contribution in [0.15, 0.2) is 65.7 Å². The van der Waals surface area contributed by atoms with Gasteiger partial charge in [0.1, 0.15) is 5.69 Å². The van der Waals surface area contributed by atoms with Crippen molar-refractivity contribution in [2.24, 2.45) is 0 Å². The first-order valence-corrected chi connectivity index (χ1v) is 13.9. The molecule has 1 saturated heterocycles. The molecule has 0 radical (unpaired) electrons. The number of nitrogens with one attached hydrogen (secondary N) is 4. The minimum Gasteiger partial charge on any atom is -0.347 e. The zero-order valence-electron chi connectivity index (χ0n) is 20.6. The van der Waals surface area contributed by atoms with Crippen LogP contribution < -0.4 is 16.0 Å². The molecule has 3 amide bonds. The third-order valence-corrected chi connectivity index (χ3v) is 8.34. The maximum absolute atomic E-state index is 13.2. The number of benzene rings is 2. The molecule has 1 aliphatic heterocycles. The van der Waals surface area contributed by atoms with E-state index in [1.165, 1.54) is 46.9 Å². The average molecular weight is 591 g/mol. The van der Waals surface area contributed by atoms with Crippen LogP contribution in [0.3, 0.4) is 0 Å². The summed E-state index contributed by atoms with van der Waals surface area (Å²) >= 11 is 12.2. The fourth-order valence-electron chi connectivity index (χ4n) is 3.99. The number of halogens is 2. The summed E-state index contributed by atoms with van der Waals surface area (Å²) in [6.07, 6.45) is 4.54. The lowest BCUT2D eigenvalue weighted by molar-refractivity contribution is -0.111. The highest BCUT2D eigenvalue weighted by Crippen LogP contribution is 2.27. The molecule has 1 aliphatic rings. The SMILES string of the molecule is CC=CC(=O)Nc1cccc(S(=O)(=O)N2CCC(NC(=O)c3[nH]ncc3NC(=O)c3c(Cl)cccc3Cl)C2)c1. The van der Waals surface area contributed by atoms with Gasteiger partial charge in [-0.1, -0.05) is 41.4 Å². The highest BCUT2D eigenvalue weighted by molar-refractivity contribution is 7.89. The Labute approximate surface area is 234 Å². The van der Waals surface area contributed by atoms with Gasteiger partial charge in [-0.25, -0.2) is 8.42 Å². The van der Waals surface area contributed by atoms with E-state index in [1.807, 2.05) is 0 Å². The first kappa shape index (κ1) is 28.3. The van der Waals surface area contributed by atoms with Crippen molar-refractivity contribution >= 4 is 62.3 Å². The number of carbonyl (C=O) groups is 3. The molecule has 0 spiro atoms. The highest BCUT2D eigenvalue weighted by Gasteiger charge is 2.34. The van der Waals surface area contributed by atoms with Crippen LogP contribution in [0.4, 0.5) is 11.4 Å². The fraction of sp³-hybridized carbons (Fsp3) is 0.200. The molecule has 39 heavy (non-hydrogen) atoms. The van der Waals surface area contributed by atoms with Crippen LogP contribution in [0.1, 0.15) is 34.2 Å². The first-order valence-electron chi connectivity index (χ1n) is 11.7. The van der Waals surface area contributed by atoms with E-state index in [-0.39, 0.29) is 50.9 Å². The summed E-state index contributed by atoms with van der Waals surface area (Å²) in [5.41, 5.74) is 0.482. The van der Waals surface area contributed by atoms with Crippen molar-refractivity contribution in [2.75, 3.05) is 23.7 Å². The number of rotatable bonds is 8. The molecular formula is C25H24Cl2N6O5S. The molecule has 2 aromatic carbocycles. The highest BCUT2D eigenvalue weighted by atomic mass is 35.5. The number of amides is 3. The third kappa shape index (κ3) is 6.48. The number of hydrogen-bond acceptors (Lipinski definition) is 6. The number of aromatic nitrogens is 2. The molecule has 4 N–H and O–H groups in total. The molecule has 0 saturated carbocycles. The van der Waals surface area contributed by atoms with Crippen LogP contribution in [0, 0.1) is 0 Å². The number of aromatic amines is 1. The Morgan fingerprint density at radius 1 is 1.08 bits per heavy atom. The molecule has 2 heterocycles. The molecule has 1 fully saturated rings. The Kier molecular flexibility index (Phi) is 8.70. The third-order valence-electron chi connectivity index (χ3n) is 5.85. The van der Waals surface area contributed by atoms with Crippen LogP contribution >= 0.6 is 23.2 Å². The molecule has 1 unspecified atom stereocenters. The van der Waals surface area contributed by atoms with Crippen molar-refractivity contribution in [3.8, 4) is 0 Å². The van der Waals surface area contributed by atoms with Gasteiger partial charge >= 0.3 is 0 Å². The van der Waals surface area contributed by atoms with E-state index in [9.17, 15) is 22.8 Å². The molecule has 1 aromatic heterocycles. The number of sulfonamides is 1. The second kappa shape index (κ2) is 12.0. The molecule has 1 atom stereocenters. The van der Waals surface area contributed by atoms with Crippen molar-refractivity contribution in [1.29, 1.82) is 0 Å². The summed E-state index contributed by atoms with van der Waals surface area (Å²) in [6, 6.07) is 10.1. The number of allylic oxidation sites excluding steroid dienone is 1. The van der Waals surface area contributed by atoms with Crippen molar-refractivity contribution in [1.82, 2.24) is 19.8 Å². The zero-order valence-corrected chi connectivity index (χ0v) is 22.9. The van der Waals surface area contributed by atoms with Gasteiger partial charge in [-0.15, -0.1) is 0 Å². The van der Waals surface area contributed by atoms with E-state index in [1.54, 1.807) is 25.1 Å². The number of anilines is 2. The Bertz CT molecular complexity index is 1540. The number of nitrogens with zero attached hydrogens (tertiary/aromatic N) is 2. The van der Waals surface area contributed by atoms with E-state index in [0.717, 1.165) is 0 Å². The van der Waals surface area contributed by atoms with E-state index in [4.69, 9.17) is 23.2 Å². The predicted molar refractivity (Wildman–Crippen MR) is 148 cm³/mol. The Morgan fingerprint density at radius 2 is 1.79 bits per heavy atom. The Balaban J connectivity index is 1.41. The van der Waals surface area contributed by atoms with Gasteiger partial charge in [0.2, 0.25) is 15.9 Å². The number of H-pyrrole nitrogens is 1. The van der Waals surface area contributed by atoms with Crippen molar-refractivity contribution in [3.05, 3.63) is 82.1 Å². The van der Waals surface area contributed by atoms with Crippen molar-refractivity contribution in [3.63, 3.8) is 0 Å². The van der Waals surface area contributed by atoms with Gasteiger partial charge in [-0.2, -0.15) is 9.40 Å². The van der Waals surface area contributed by atoms with E-state index < -0.39 is 27.9 Å². The molecular weight excluding hydrogens is 567 g/mol. The Morgan fingerprint density at radius 3 is 2.51 bits per heavy atom. The molecule has 0 aliphatic carbocycles. The van der Waals surface area contributed by atoms with Gasteiger partial charge in [0, 0.05) is 24.8 Å². The molecule has 4 rings (SSSR count). The van der Waals surface area contributed by atoms with Crippen LogP contribution in [0.25, 0.3) is 0 Å². The summed E-state index contributed by atoms with van der Waals surface area (Å²) < 4.78 is 27.7. The topological polar surface area (TPSA) is 153 Å². The van der Waals surface area contributed by atoms with Gasteiger partial charge in [-0.05, 0) is 49.8 Å². The zero-order chi connectivity index (χ0) is 28.2. The smallest absolute Gasteiger partial charge is 0.271 e. The maximum atomic E-state index is 13.2. The fourth-order valence-corrected chi connectivity index (χ4v) is 6.11. The molecule has 204 valence electrons. The molecule has 11 nitrogen and oxygen atoms in total. The summed E-state index contributed by atoms with van der Waals surface area (Å²) in [6.45, 7) is 1.91. The summed E-state index contributed by atoms with van der Waals surface area (Å²) in [5, 5.41) is 14.6. The first-order chi connectivity index (χ1) is 18.6. The van der Waals surface area contributed by atoms with Gasteiger partial charge in [0.25, 0.3) is 11.8 Å². The quantitative estimate of drug-likeness (QED) is 0.293. The normalized spacial score (nSPS) is 15.8. The number of carbonyl (C=O) groups excluding carboxylic acids is 3. The van der Waals surface area contributed by atoms with Crippen LogP contribution in [-0.4, -0.2) is 59.8 Å². The van der Waals surface area contributed by atoms with Crippen LogP contribution in [-0.2, 0) is 14.8 Å². The van der Waals surface area contributed by atoms with Gasteiger partial charge in [0.05, 0.1) is 32.4 Å². The minimum atomic E-state index is -3.88. The largest absolute Gasteiger partial charge is 0.347 e. The summed E-state index contributed by atoms with van der Waals surface area (Å²) in [7, 11) is -3.88. The van der Waals surface area contributed by atoms with E-state index in [0.29, 0.717) is 12.1 Å². The second-order valence-electron chi connectivity index (χ2n) is 8.55. The molecule has 14 heteroatoms. The van der Waals surface area contributed by atoms with Crippen molar-refractivity contribution < 1.29 is 22.8 Å².